The Labute approximate surface area is 151 Å². The number of carbonyl (C=O) groups is 1. The number of aromatic amines is 1. The summed E-state index contributed by atoms with van der Waals surface area (Å²) in [4.78, 5) is 16.4. The summed E-state index contributed by atoms with van der Waals surface area (Å²) in [6.45, 7) is 4.06. The fourth-order valence-electron chi connectivity index (χ4n) is 2.68. The van der Waals surface area contributed by atoms with Crippen LogP contribution in [0.5, 0.6) is 0 Å². The molecule has 8 heteroatoms. The molecule has 1 aromatic carbocycles. The molecule has 1 amide bonds. The average molecular weight is 351 g/mol. The van der Waals surface area contributed by atoms with E-state index < -0.39 is 6.04 Å². The average Bonchev–Trinajstić information content (AvgIpc) is 3.16. The molecular formula is C18H21N7O. The van der Waals surface area contributed by atoms with Gasteiger partial charge in [0.1, 0.15) is 0 Å². The van der Waals surface area contributed by atoms with E-state index in [1.807, 2.05) is 44.2 Å². The lowest BCUT2D eigenvalue weighted by Gasteiger charge is -2.16. The summed E-state index contributed by atoms with van der Waals surface area (Å²) in [5.41, 5.74) is 9.20. The van der Waals surface area contributed by atoms with Gasteiger partial charge in [0, 0.05) is 18.0 Å². The Morgan fingerprint density at radius 2 is 1.96 bits per heavy atom. The van der Waals surface area contributed by atoms with Crippen molar-refractivity contribution >= 4 is 11.6 Å². The fraction of sp³-hybridized carbons (Fsp3) is 0.278. The van der Waals surface area contributed by atoms with E-state index in [9.17, 15) is 4.79 Å². The second-order valence-corrected chi connectivity index (χ2v) is 6.46. The lowest BCUT2D eigenvalue weighted by atomic mass is 10.0. The Morgan fingerprint density at radius 1 is 1.19 bits per heavy atom. The van der Waals surface area contributed by atoms with Crippen molar-refractivity contribution in [2.75, 3.05) is 5.32 Å². The minimum atomic E-state index is -0.576. The van der Waals surface area contributed by atoms with Crippen LogP contribution in [0, 0.1) is 5.92 Å². The number of tetrazole rings is 1. The number of nitrogens with two attached hydrogens (primary N) is 1. The molecule has 0 aliphatic heterocycles. The minimum Gasteiger partial charge on any atom is -0.324 e. The summed E-state index contributed by atoms with van der Waals surface area (Å²) in [7, 11) is 0. The molecule has 8 nitrogen and oxygen atoms in total. The molecule has 3 aromatic rings. The highest BCUT2D eigenvalue weighted by molar-refractivity contribution is 5.98. The lowest BCUT2D eigenvalue weighted by Crippen LogP contribution is -2.36. The molecule has 0 bridgehead atoms. The maximum absolute atomic E-state index is 12.4. The van der Waals surface area contributed by atoms with Crippen LogP contribution in [0.2, 0.25) is 0 Å². The number of hydrogen-bond donors (Lipinski definition) is 3. The molecule has 0 radical (unpaired) electrons. The van der Waals surface area contributed by atoms with Gasteiger partial charge in [-0.1, -0.05) is 19.9 Å². The molecular weight excluding hydrogens is 330 g/mol. The number of H-pyrrole nitrogens is 1. The molecule has 0 saturated heterocycles. The normalized spacial score (nSPS) is 12.2. The highest BCUT2D eigenvalue weighted by Gasteiger charge is 2.18. The third-order valence-corrected chi connectivity index (χ3v) is 3.94. The second kappa shape index (κ2) is 7.83. The summed E-state index contributed by atoms with van der Waals surface area (Å²) < 4.78 is 0. The van der Waals surface area contributed by atoms with Crippen molar-refractivity contribution in [3.63, 3.8) is 0 Å². The third kappa shape index (κ3) is 4.09. The number of anilines is 1. The zero-order chi connectivity index (χ0) is 18.5. The summed E-state index contributed by atoms with van der Waals surface area (Å²) >= 11 is 0. The topological polar surface area (TPSA) is 122 Å². The summed E-state index contributed by atoms with van der Waals surface area (Å²) in [5.74, 6) is 0.496. The number of aromatic nitrogens is 5. The molecule has 0 aliphatic rings. The van der Waals surface area contributed by atoms with Crippen LogP contribution in [-0.2, 0) is 4.79 Å². The number of hydrogen-bond acceptors (Lipinski definition) is 6. The van der Waals surface area contributed by atoms with Crippen molar-refractivity contribution in [1.29, 1.82) is 0 Å². The first-order valence-corrected chi connectivity index (χ1v) is 8.39. The van der Waals surface area contributed by atoms with Crippen LogP contribution in [0.3, 0.4) is 0 Å². The summed E-state index contributed by atoms with van der Waals surface area (Å²) in [6.07, 6.45) is 4.06. The maximum Gasteiger partial charge on any atom is 0.241 e. The van der Waals surface area contributed by atoms with Crippen molar-refractivity contribution < 1.29 is 4.79 Å². The van der Waals surface area contributed by atoms with Gasteiger partial charge in [-0.05, 0) is 52.9 Å². The van der Waals surface area contributed by atoms with Gasteiger partial charge in [-0.2, -0.15) is 5.21 Å². The zero-order valence-electron chi connectivity index (χ0n) is 14.7. The van der Waals surface area contributed by atoms with E-state index in [0.29, 0.717) is 29.4 Å². The quantitative estimate of drug-likeness (QED) is 0.626. The smallest absolute Gasteiger partial charge is 0.241 e. The van der Waals surface area contributed by atoms with E-state index in [0.717, 1.165) is 11.1 Å². The van der Waals surface area contributed by atoms with Crippen molar-refractivity contribution in [3.8, 4) is 22.5 Å². The van der Waals surface area contributed by atoms with E-state index >= 15 is 0 Å². The van der Waals surface area contributed by atoms with Crippen LogP contribution in [0.1, 0.15) is 20.3 Å². The van der Waals surface area contributed by atoms with Gasteiger partial charge in [-0.25, -0.2) is 0 Å². The molecule has 0 spiro atoms. The van der Waals surface area contributed by atoms with Crippen LogP contribution < -0.4 is 11.1 Å². The van der Waals surface area contributed by atoms with Crippen molar-refractivity contribution in [1.82, 2.24) is 25.6 Å². The molecule has 26 heavy (non-hydrogen) atoms. The lowest BCUT2D eigenvalue weighted by molar-refractivity contribution is -0.117. The van der Waals surface area contributed by atoms with Gasteiger partial charge in [-0.15, -0.1) is 10.2 Å². The molecule has 2 aromatic heterocycles. The maximum atomic E-state index is 12.4. The molecule has 3 rings (SSSR count). The molecule has 0 saturated carbocycles. The number of nitrogens with one attached hydrogen (secondary N) is 2. The van der Waals surface area contributed by atoms with Gasteiger partial charge in [0.25, 0.3) is 0 Å². The van der Waals surface area contributed by atoms with Crippen molar-refractivity contribution in [2.45, 2.75) is 26.3 Å². The van der Waals surface area contributed by atoms with Gasteiger partial charge in [0.05, 0.1) is 11.7 Å². The molecule has 1 atom stereocenters. The monoisotopic (exact) mass is 351 g/mol. The van der Waals surface area contributed by atoms with Gasteiger partial charge < -0.3 is 11.1 Å². The first-order chi connectivity index (χ1) is 12.5. The highest BCUT2D eigenvalue weighted by Crippen LogP contribution is 2.30. The standard InChI is InChI=1S/C18H21N7O/c1-11(2)9-15(19)18(26)21-16-4-3-13(12-5-7-20-8-6-12)10-14(16)17-22-24-25-23-17/h3-8,10-11,15H,9,19H2,1-2H3,(H,21,26)(H,22,23,24,25). The third-order valence-electron chi connectivity index (χ3n) is 3.94. The molecule has 2 heterocycles. The molecule has 4 N–H and O–H groups in total. The molecule has 134 valence electrons. The summed E-state index contributed by atoms with van der Waals surface area (Å²) in [6, 6.07) is 8.89. The first kappa shape index (κ1) is 17.7. The van der Waals surface area contributed by atoms with Crippen LogP contribution >= 0.6 is 0 Å². The van der Waals surface area contributed by atoms with E-state index in [-0.39, 0.29) is 5.91 Å². The second-order valence-electron chi connectivity index (χ2n) is 6.46. The molecule has 1 unspecified atom stereocenters. The highest BCUT2D eigenvalue weighted by atomic mass is 16.2. The molecule has 0 fully saturated rings. The van der Waals surface area contributed by atoms with E-state index in [1.54, 1.807) is 12.4 Å². The number of amides is 1. The van der Waals surface area contributed by atoms with E-state index in [2.05, 4.69) is 30.9 Å². The predicted molar refractivity (Wildman–Crippen MR) is 98.9 cm³/mol. The van der Waals surface area contributed by atoms with Crippen LogP contribution in [-0.4, -0.2) is 37.6 Å². The van der Waals surface area contributed by atoms with Crippen molar-refractivity contribution in [2.24, 2.45) is 11.7 Å². The molecule has 0 aliphatic carbocycles. The number of rotatable bonds is 6. The van der Waals surface area contributed by atoms with E-state index in [1.165, 1.54) is 0 Å². The van der Waals surface area contributed by atoms with E-state index in [4.69, 9.17) is 5.73 Å². The zero-order valence-corrected chi connectivity index (χ0v) is 14.7. The fourth-order valence-corrected chi connectivity index (χ4v) is 2.68. The number of pyridine rings is 1. The van der Waals surface area contributed by atoms with Gasteiger partial charge >= 0.3 is 0 Å². The van der Waals surface area contributed by atoms with Gasteiger partial charge in [0.2, 0.25) is 11.7 Å². The van der Waals surface area contributed by atoms with Gasteiger partial charge in [0.15, 0.2) is 0 Å². The van der Waals surface area contributed by atoms with Crippen LogP contribution in [0.25, 0.3) is 22.5 Å². The van der Waals surface area contributed by atoms with Crippen molar-refractivity contribution in [3.05, 3.63) is 42.7 Å². The largest absolute Gasteiger partial charge is 0.324 e. The number of nitrogens with zero attached hydrogens (tertiary/aromatic N) is 4. The first-order valence-electron chi connectivity index (χ1n) is 8.39. The van der Waals surface area contributed by atoms with Crippen LogP contribution in [0.15, 0.2) is 42.7 Å². The Balaban J connectivity index is 1.94. The minimum absolute atomic E-state index is 0.236. The Hall–Kier alpha value is -3.13. The Kier molecular flexibility index (Phi) is 5.33. The number of benzene rings is 1. The van der Waals surface area contributed by atoms with Gasteiger partial charge in [-0.3, -0.25) is 9.78 Å². The SMILES string of the molecule is CC(C)CC(N)C(=O)Nc1ccc(-c2ccncc2)cc1-c1nn[nH]n1. The number of carbonyl (C=O) groups excluding carboxylic acids is 1. The summed E-state index contributed by atoms with van der Waals surface area (Å²) in [5, 5.41) is 17.0. The van der Waals surface area contributed by atoms with Crippen LogP contribution in [0.4, 0.5) is 5.69 Å². The predicted octanol–water partition coefficient (Wildman–Crippen LogP) is 2.24. The Morgan fingerprint density at radius 3 is 2.62 bits per heavy atom. The Bertz CT molecular complexity index is 863.